The number of halogens is 1. The van der Waals surface area contributed by atoms with Crippen LogP contribution in [0.3, 0.4) is 0 Å². The van der Waals surface area contributed by atoms with Crippen molar-refractivity contribution in [3.8, 4) is 0 Å². The molecule has 0 bridgehead atoms. The van der Waals surface area contributed by atoms with Crippen molar-refractivity contribution in [2.75, 3.05) is 32.9 Å². The summed E-state index contributed by atoms with van der Waals surface area (Å²) in [5.41, 5.74) is 1.21. The minimum Gasteiger partial charge on any atom is -0.338 e. The van der Waals surface area contributed by atoms with Crippen molar-refractivity contribution in [3.63, 3.8) is 0 Å². The van der Waals surface area contributed by atoms with Crippen molar-refractivity contribution >= 4 is 17.7 Å². The fourth-order valence-electron chi connectivity index (χ4n) is 2.86. The van der Waals surface area contributed by atoms with Gasteiger partial charge in [0.25, 0.3) is 5.91 Å². The van der Waals surface area contributed by atoms with Gasteiger partial charge in [0.05, 0.1) is 0 Å². The van der Waals surface area contributed by atoms with Crippen LogP contribution in [0.25, 0.3) is 0 Å². The Morgan fingerprint density at radius 1 is 1.52 bits per heavy atom. The molecular formula is C16H23FN2OS. The average Bonchev–Trinajstić information content (AvgIpc) is 2.50. The van der Waals surface area contributed by atoms with Crippen molar-refractivity contribution < 1.29 is 9.18 Å². The lowest BCUT2D eigenvalue weighted by Crippen LogP contribution is -2.42. The molecule has 0 radical (unpaired) electrons. The van der Waals surface area contributed by atoms with Gasteiger partial charge in [-0.3, -0.25) is 4.79 Å². The van der Waals surface area contributed by atoms with E-state index in [2.05, 4.69) is 5.32 Å². The van der Waals surface area contributed by atoms with E-state index in [0.29, 0.717) is 22.8 Å². The summed E-state index contributed by atoms with van der Waals surface area (Å²) in [6.45, 7) is 2.52. The van der Waals surface area contributed by atoms with E-state index in [0.717, 1.165) is 32.5 Å². The highest BCUT2D eigenvalue weighted by molar-refractivity contribution is 7.97. The Kier molecular flexibility index (Phi) is 6.06. The van der Waals surface area contributed by atoms with Gasteiger partial charge in [-0.15, -0.1) is 0 Å². The van der Waals surface area contributed by atoms with E-state index < -0.39 is 0 Å². The molecule has 0 saturated carbocycles. The number of nitrogens with zero attached hydrogens (tertiary/aromatic N) is 1. The summed E-state index contributed by atoms with van der Waals surface area (Å²) in [6.07, 6.45) is 4.13. The minimum atomic E-state index is -0.229. The fraction of sp³-hybridized carbons (Fsp3) is 0.562. The Balaban J connectivity index is 2.10. The number of thioether (sulfide) groups is 1. The highest BCUT2D eigenvalue weighted by Gasteiger charge is 2.24. The standard InChI is InChI=1S/C16H23FN2OS/c1-18-9-12-4-3-7-19(10-12)16(20)13-5-6-15(17)14(8-13)11-21-2/h5-6,8,12,18H,3-4,7,9-11H2,1-2H3/t12-/m0/s1. The summed E-state index contributed by atoms with van der Waals surface area (Å²) in [5, 5.41) is 3.18. The van der Waals surface area contributed by atoms with Gasteiger partial charge in [-0.1, -0.05) is 0 Å². The van der Waals surface area contributed by atoms with Gasteiger partial charge >= 0.3 is 0 Å². The Morgan fingerprint density at radius 3 is 3.05 bits per heavy atom. The number of likely N-dealkylation sites (tertiary alicyclic amines) is 1. The van der Waals surface area contributed by atoms with Gasteiger partial charge in [0, 0.05) is 24.4 Å². The number of benzene rings is 1. The third-order valence-corrected chi connectivity index (χ3v) is 4.49. The number of nitrogens with one attached hydrogen (secondary N) is 1. The van der Waals surface area contributed by atoms with Crippen molar-refractivity contribution in [1.82, 2.24) is 10.2 Å². The molecule has 0 aliphatic carbocycles. The van der Waals surface area contributed by atoms with E-state index in [9.17, 15) is 9.18 Å². The molecule has 1 aliphatic rings. The van der Waals surface area contributed by atoms with E-state index in [1.165, 1.54) is 6.07 Å². The average molecular weight is 310 g/mol. The molecule has 5 heteroatoms. The van der Waals surface area contributed by atoms with Crippen LogP contribution in [0.15, 0.2) is 18.2 Å². The molecule has 1 N–H and O–H groups in total. The Morgan fingerprint density at radius 2 is 2.33 bits per heavy atom. The second-order valence-corrected chi connectivity index (χ2v) is 6.42. The summed E-state index contributed by atoms with van der Waals surface area (Å²) in [5.74, 6) is 0.902. The van der Waals surface area contributed by atoms with Crippen molar-refractivity contribution in [2.45, 2.75) is 18.6 Å². The smallest absolute Gasteiger partial charge is 0.253 e. The largest absolute Gasteiger partial charge is 0.338 e. The molecule has 21 heavy (non-hydrogen) atoms. The lowest BCUT2D eigenvalue weighted by Gasteiger charge is -2.32. The molecule has 1 aliphatic heterocycles. The fourth-order valence-corrected chi connectivity index (χ4v) is 3.39. The predicted octanol–water partition coefficient (Wildman–Crippen LogP) is 2.76. The van der Waals surface area contributed by atoms with Gasteiger partial charge in [0.1, 0.15) is 5.82 Å². The lowest BCUT2D eigenvalue weighted by molar-refractivity contribution is 0.0674. The summed E-state index contributed by atoms with van der Waals surface area (Å²) in [7, 11) is 1.94. The molecule has 0 unspecified atom stereocenters. The lowest BCUT2D eigenvalue weighted by atomic mass is 9.97. The summed E-state index contributed by atoms with van der Waals surface area (Å²) in [4.78, 5) is 14.5. The molecule has 0 aromatic heterocycles. The molecule has 0 spiro atoms. The highest BCUT2D eigenvalue weighted by atomic mass is 32.2. The number of hydrogen-bond donors (Lipinski definition) is 1. The molecule has 1 aromatic carbocycles. The number of piperidine rings is 1. The number of rotatable bonds is 5. The zero-order valence-electron chi connectivity index (χ0n) is 12.7. The van der Waals surface area contributed by atoms with E-state index in [4.69, 9.17) is 0 Å². The number of carbonyl (C=O) groups excluding carboxylic acids is 1. The van der Waals surface area contributed by atoms with Gasteiger partial charge in [0.2, 0.25) is 0 Å². The normalized spacial score (nSPS) is 18.8. The van der Waals surface area contributed by atoms with E-state index in [-0.39, 0.29) is 11.7 Å². The maximum absolute atomic E-state index is 13.7. The Labute approximate surface area is 130 Å². The number of hydrogen-bond acceptors (Lipinski definition) is 3. The van der Waals surface area contributed by atoms with Crippen LogP contribution in [-0.2, 0) is 5.75 Å². The summed E-state index contributed by atoms with van der Waals surface area (Å²) >= 11 is 1.56. The quantitative estimate of drug-likeness (QED) is 0.907. The molecule has 116 valence electrons. The van der Waals surface area contributed by atoms with E-state index >= 15 is 0 Å². The number of carbonyl (C=O) groups is 1. The van der Waals surface area contributed by atoms with Crippen LogP contribution in [0, 0.1) is 11.7 Å². The third-order valence-electron chi connectivity index (χ3n) is 3.89. The van der Waals surface area contributed by atoms with Gasteiger partial charge in [-0.2, -0.15) is 11.8 Å². The monoisotopic (exact) mass is 310 g/mol. The Bertz CT molecular complexity index is 493. The van der Waals surface area contributed by atoms with Gasteiger partial charge < -0.3 is 10.2 Å². The van der Waals surface area contributed by atoms with E-state index in [1.54, 1.807) is 23.9 Å². The van der Waals surface area contributed by atoms with Gasteiger partial charge in [0.15, 0.2) is 0 Å². The first-order valence-corrected chi connectivity index (χ1v) is 8.76. The highest BCUT2D eigenvalue weighted by Crippen LogP contribution is 2.21. The molecule has 2 rings (SSSR count). The first kappa shape index (κ1) is 16.3. The summed E-state index contributed by atoms with van der Waals surface area (Å²) < 4.78 is 13.7. The third kappa shape index (κ3) is 4.20. The van der Waals surface area contributed by atoms with E-state index in [1.807, 2.05) is 18.2 Å². The molecular weight excluding hydrogens is 287 g/mol. The SMILES string of the molecule is CNC[C@@H]1CCCN(C(=O)c2ccc(F)c(CSC)c2)C1. The van der Waals surface area contributed by atoms with Crippen LogP contribution < -0.4 is 5.32 Å². The zero-order chi connectivity index (χ0) is 15.2. The van der Waals surface area contributed by atoms with Crippen LogP contribution in [0.5, 0.6) is 0 Å². The van der Waals surface area contributed by atoms with Crippen LogP contribution in [0.4, 0.5) is 4.39 Å². The zero-order valence-corrected chi connectivity index (χ0v) is 13.5. The molecule has 1 fully saturated rings. The molecule has 1 saturated heterocycles. The van der Waals surface area contributed by atoms with Crippen LogP contribution >= 0.6 is 11.8 Å². The van der Waals surface area contributed by atoms with Gasteiger partial charge in [-0.25, -0.2) is 4.39 Å². The first-order chi connectivity index (χ1) is 10.2. The van der Waals surface area contributed by atoms with Crippen molar-refractivity contribution in [1.29, 1.82) is 0 Å². The maximum Gasteiger partial charge on any atom is 0.253 e. The molecule has 1 amide bonds. The minimum absolute atomic E-state index is 0.0261. The molecule has 1 atom stereocenters. The summed E-state index contributed by atoms with van der Waals surface area (Å²) in [6, 6.07) is 4.72. The second kappa shape index (κ2) is 7.80. The van der Waals surface area contributed by atoms with Crippen LogP contribution in [0.1, 0.15) is 28.8 Å². The topological polar surface area (TPSA) is 32.3 Å². The first-order valence-electron chi connectivity index (χ1n) is 7.37. The Hall–Kier alpha value is -1.07. The van der Waals surface area contributed by atoms with Crippen LogP contribution in [0.2, 0.25) is 0 Å². The van der Waals surface area contributed by atoms with Crippen molar-refractivity contribution in [3.05, 3.63) is 35.1 Å². The molecule has 1 aromatic rings. The maximum atomic E-state index is 13.7. The number of amides is 1. The second-order valence-electron chi connectivity index (χ2n) is 5.56. The molecule has 1 heterocycles. The van der Waals surface area contributed by atoms with Crippen LogP contribution in [-0.4, -0.2) is 43.7 Å². The molecule has 3 nitrogen and oxygen atoms in total. The van der Waals surface area contributed by atoms with Gasteiger partial charge in [-0.05, 0) is 62.4 Å². The predicted molar refractivity (Wildman–Crippen MR) is 86.2 cm³/mol. The van der Waals surface area contributed by atoms with Crippen molar-refractivity contribution in [2.24, 2.45) is 5.92 Å².